The highest BCUT2D eigenvalue weighted by molar-refractivity contribution is 5.51. The van der Waals surface area contributed by atoms with Crippen LogP contribution >= 0.6 is 0 Å². The van der Waals surface area contributed by atoms with Gasteiger partial charge in [-0.2, -0.15) is 0 Å². The first-order chi connectivity index (χ1) is 7.27. The molecule has 75 valence electrons. The van der Waals surface area contributed by atoms with Gasteiger partial charge in [0.15, 0.2) is 5.75 Å². The van der Waals surface area contributed by atoms with Crippen LogP contribution in [0.4, 0.5) is 0 Å². The Hall–Kier alpha value is -2.16. The first-order valence-electron chi connectivity index (χ1n) is 4.49. The number of phenols is 1. The molecule has 0 fully saturated rings. The van der Waals surface area contributed by atoms with Crippen molar-refractivity contribution in [3.63, 3.8) is 0 Å². The third-order valence-electron chi connectivity index (χ3n) is 1.92. The number of phenolic OH excluding ortho intramolecular Hbond substituents is 1. The van der Waals surface area contributed by atoms with Gasteiger partial charge in [-0.25, -0.2) is 0 Å². The van der Waals surface area contributed by atoms with Crippen LogP contribution in [0.1, 0.15) is 0 Å². The first-order valence-corrected chi connectivity index (χ1v) is 4.49. The summed E-state index contributed by atoms with van der Waals surface area (Å²) in [6, 6.07) is 13.1. The second-order valence-electron chi connectivity index (χ2n) is 3.02. The van der Waals surface area contributed by atoms with E-state index in [0.29, 0.717) is 5.75 Å². The number of hydrogen-bond acceptors (Lipinski definition) is 2. The molecule has 2 aromatic rings. The van der Waals surface area contributed by atoms with Crippen LogP contribution in [0.25, 0.3) is 0 Å². The molecule has 1 N–H and O–H groups in total. The summed E-state index contributed by atoms with van der Waals surface area (Å²) in [6.45, 7) is 0. The van der Waals surface area contributed by atoms with Crippen molar-refractivity contribution < 1.29 is 14.9 Å². The van der Waals surface area contributed by atoms with Crippen molar-refractivity contribution in [1.29, 1.82) is 0 Å². The van der Waals surface area contributed by atoms with Crippen LogP contribution in [-0.2, 0) is 5.11 Å². The summed E-state index contributed by atoms with van der Waals surface area (Å²) in [5, 5.41) is 20.8. The van der Waals surface area contributed by atoms with Gasteiger partial charge in [-0.1, -0.05) is 24.3 Å². The third-order valence-corrected chi connectivity index (χ3v) is 1.92. The van der Waals surface area contributed by atoms with Crippen LogP contribution in [0, 0.1) is 0 Å². The van der Waals surface area contributed by atoms with E-state index in [-0.39, 0.29) is 17.2 Å². The Bertz CT molecular complexity index is 431. The molecule has 0 bridgehead atoms. The molecule has 2 aromatic carbocycles. The average Bonchev–Trinajstić information content (AvgIpc) is 2.25. The highest BCUT2D eigenvalue weighted by atomic mass is 16.5. The quantitative estimate of drug-likeness (QED) is 0.810. The summed E-state index contributed by atoms with van der Waals surface area (Å²) in [6.07, 6.45) is 0. The monoisotopic (exact) mass is 201 g/mol. The fourth-order valence-electron chi connectivity index (χ4n) is 1.21. The molecule has 0 amide bonds. The number of hydrogen-bond donors (Lipinski definition) is 1. The minimum Gasteiger partial charge on any atom is -0.504 e. The molecule has 0 saturated heterocycles. The van der Waals surface area contributed by atoms with Gasteiger partial charge in [0.05, 0.1) is 0 Å². The Morgan fingerprint density at radius 1 is 0.933 bits per heavy atom. The summed E-state index contributed by atoms with van der Waals surface area (Å²) in [5.74, 6) is 0.00464. The van der Waals surface area contributed by atoms with Gasteiger partial charge in [0.2, 0.25) is 11.5 Å². The fraction of sp³-hybridized carbons (Fsp3) is 0. The van der Waals surface area contributed by atoms with E-state index in [9.17, 15) is 10.2 Å². The standard InChI is InChI=1S/C12H9O3/c13-10-7-4-8-11(14)12(10)15-9-5-2-1-3-6-9/h1-8,13H. The lowest BCUT2D eigenvalue weighted by atomic mass is 10.3. The number of ether oxygens (including phenoxy) is 1. The molecule has 0 aliphatic heterocycles. The van der Waals surface area contributed by atoms with Crippen LogP contribution in [0.2, 0.25) is 0 Å². The predicted molar refractivity (Wildman–Crippen MR) is 54.8 cm³/mol. The highest BCUT2D eigenvalue weighted by Gasteiger charge is 2.10. The molecule has 0 spiro atoms. The molecule has 3 heteroatoms. The van der Waals surface area contributed by atoms with Gasteiger partial charge < -0.3 is 9.84 Å². The van der Waals surface area contributed by atoms with E-state index in [1.807, 2.05) is 6.07 Å². The second-order valence-corrected chi connectivity index (χ2v) is 3.02. The molecule has 3 nitrogen and oxygen atoms in total. The van der Waals surface area contributed by atoms with Crippen molar-refractivity contribution in [3.05, 3.63) is 48.5 Å². The Balaban J connectivity index is 2.32. The zero-order valence-electron chi connectivity index (χ0n) is 7.88. The SMILES string of the molecule is [O]c1cccc(O)c1Oc1ccccc1. The van der Waals surface area contributed by atoms with E-state index in [0.717, 1.165) is 0 Å². The highest BCUT2D eigenvalue weighted by Crippen LogP contribution is 2.38. The van der Waals surface area contributed by atoms with Gasteiger partial charge in [0.1, 0.15) is 5.75 Å². The zero-order valence-corrected chi connectivity index (χ0v) is 7.88. The van der Waals surface area contributed by atoms with E-state index in [1.54, 1.807) is 24.3 Å². The molecule has 2 rings (SSSR count). The van der Waals surface area contributed by atoms with Crippen molar-refractivity contribution in [3.8, 4) is 23.0 Å². The van der Waals surface area contributed by atoms with Gasteiger partial charge >= 0.3 is 0 Å². The molecule has 0 heterocycles. The van der Waals surface area contributed by atoms with E-state index in [1.165, 1.54) is 18.2 Å². The third kappa shape index (κ3) is 2.02. The Morgan fingerprint density at radius 2 is 1.67 bits per heavy atom. The van der Waals surface area contributed by atoms with Gasteiger partial charge in [-0.3, -0.25) is 5.11 Å². The lowest BCUT2D eigenvalue weighted by Gasteiger charge is -2.07. The molecule has 0 saturated carbocycles. The van der Waals surface area contributed by atoms with Gasteiger partial charge in [0.25, 0.3) is 0 Å². The van der Waals surface area contributed by atoms with Crippen LogP contribution in [-0.4, -0.2) is 5.11 Å². The molecule has 15 heavy (non-hydrogen) atoms. The maximum absolute atomic E-state index is 11.4. The molecule has 0 aromatic heterocycles. The number of para-hydroxylation sites is 2. The topological polar surface area (TPSA) is 49.4 Å². The summed E-state index contributed by atoms with van der Waals surface area (Å²) >= 11 is 0. The smallest absolute Gasteiger partial charge is 0.224 e. The lowest BCUT2D eigenvalue weighted by Crippen LogP contribution is -1.84. The van der Waals surface area contributed by atoms with Crippen LogP contribution in [0.3, 0.4) is 0 Å². The summed E-state index contributed by atoms with van der Waals surface area (Å²) < 4.78 is 5.28. The maximum atomic E-state index is 11.4. The molecular weight excluding hydrogens is 192 g/mol. The predicted octanol–water partition coefficient (Wildman–Crippen LogP) is 3.33. The Morgan fingerprint density at radius 3 is 2.33 bits per heavy atom. The van der Waals surface area contributed by atoms with E-state index < -0.39 is 0 Å². The summed E-state index contributed by atoms with van der Waals surface area (Å²) in [4.78, 5) is 0. The van der Waals surface area contributed by atoms with Crippen molar-refractivity contribution in [2.75, 3.05) is 0 Å². The van der Waals surface area contributed by atoms with E-state index >= 15 is 0 Å². The Kier molecular flexibility index (Phi) is 2.46. The number of aromatic hydroxyl groups is 1. The van der Waals surface area contributed by atoms with Gasteiger partial charge in [-0.15, -0.1) is 0 Å². The van der Waals surface area contributed by atoms with Crippen molar-refractivity contribution in [2.24, 2.45) is 0 Å². The van der Waals surface area contributed by atoms with Crippen molar-refractivity contribution in [2.45, 2.75) is 0 Å². The second kappa shape index (κ2) is 3.92. The normalized spacial score (nSPS) is 9.87. The minimum atomic E-state index is -0.334. The number of rotatable bonds is 2. The van der Waals surface area contributed by atoms with Crippen molar-refractivity contribution >= 4 is 0 Å². The van der Waals surface area contributed by atoms with Crippen LogP contribution in [0.5, 0.6) is 23.0 Å². The summed E-state index contributed by atoms with van der Waals surface area (Å²) in [7, 11) is 0. The van der Waals surface area contributed by atoms with Crippen molar-refractivity contribution in [1.82, 2.24) is 0 Å². The molecule has 1 radical (unpaired) electrons. The zero-order chi connectivity index (χ0) is 10.7. The molecule has 0 aliphatic rings. The molecular formula is C12H9O3. The van der Waals surface area contributed by atoms with Crippen LogP contribution in [0.15, 0.2) is 48.5 Å². The Labute approximate surface area is 87.2 Å². The first kappa shape index (κ1) is 9.40. The van der Waals surface area contributed by atoms with E-state index in [2.05, 4.69) is 0 Å². The largest absolute Gasteiger partial charge is 0.504 e. The minimum absolute atomic E-state index is 0.0382. The van der Waals surface area contributed by atoms with E-state index in [4.69, 9.17) is 4.74 Å². The van der Waals surface area contributed by atoms with Crippen LogP contribution < -0.4 is 4.74 Å². The van der Waals surface area contributed by atoms with Gasteiger partial charge in [0, 0.05) is 0 Å². The molecule has 0 atom stereocenters. The fourth-order valence-corrected chi connectivity index (χ4v) is 1.21. The lowest BCUT2D eigenvalue weighted by molar-refractivity contribution is 0.318. The maximum Gasteiger partial charge on any atom is 0.224 e. The average molecular weight is 201 g/mol. The van der Waals surface area contributed by atoms with Gasteiger partial charge in [-0.05, 0) is 24.3 Å². The molecule has 0 aliphatic carbocycles. The number of benzene rings is 2. The molecule has 0 unspecified atom stereocenters. The summed E-state index contributed by atoms with van der Waals surface area (Å²) in [5.41, 5.74) is 0.